The van der Waals surface area contributed by atoms with Gasteiger partial charge in [-0.15, -0.1) is 24.0 Å². The van der Waals surface area contributed by atoms with Gasteiger partial charge >= 0.3 is 0 Å². The van der Waals surface area contributed by atoms with E-state index in [4.69, 9.17) is 9.73 Å². The van der Waals surface area contributed by atoms with Gasteiger partial charge in [0.2, 0.25) is 0 Å². The highest BCUT2D eigenvalue weighted by atomic mass is 127. The fourth-order valence-electron chi connectivity index (χ4n) is 3.26. The van der Waals surface area contributed by atoms with Crippen LogP contribution in [-0.2, 0) is 11.3 Å². The van der Waals surface area contributed by atoms with E-state index in [0.717, 1.165) is 55.8 Å². The first-order chi connectivity index (χ1) is 12.7. The quantitative estimate of drug-likeness (QED) is 0.388. The molecule has 2 aromatic rings. The predicted molar refractivity (Wildman–Crippen MR) is 118 cm³/mol. The predicted octanol–water partition coefficient (Wildman–Crippen LogP) is 2.63. The molecule has 1 atom stereocenters. The summed E-state index contributed by atoms with van der Waals surface area (Å²) in [5, 5.41) is 3.40. The average molecular weight is 484 g/mol. The zero-order valence-corrected chi connectivity index (χ0v) is 18.6. The van der Waals surface area contributed by atoms with Gasteiger partial charge in [-0.25, -0.2) is 15.0 Å². The number of imidazole rings is 1. The number of aliphatic imine (C=N–C) groups is 1. The number of nitrogens with one attached hydrogen (secondary N) is 1. The Balaban J connectivity index is 0.00000261. The third-order valence-electron chi connectivity index (χ3n) is 4.62. The molecule has 0 amide bonds. The van der Waals surface area contributed by atoms with Gasteiger partial charge in [-0.1, -0.05) is 6.07 Å². The summed E-state index contributed by atoms with van der Waals surface area (Å²) in [7, 11) is 1.77. The van der Waals surface area contributed by atoms with Gasteiger partial charge in [-0.05, 0) is 31.9 Å². The minimum atomic E-state index is 0. The topological polar surface area (TPSA) is 67.6 Å². The van der Waals surface area contributed by atoms with Gasteiger partial charge in [0.25, 0.3) is 0 Å². The van der Waals surface area contributed by atoms with E-state index < -0.39 is 0 Å². The molecular weight excluding hydrogens is 455 g/mol. The molecule has 1 fully saturated rings. The molecule has 8 heteroatoms. The lowest BCUT2D eigenvalue weighted by molar-refractivity contribution is 0.157. The number of aromatic nitrogens is 3. The Kier molecular flexibility index (Phi) is 8.49. The van der Waals surface area contributed by atoms with E-state index in [1.54, 1.807) is 13.3 Å². The maximum Gasteiger partial charge on any atom is 0.194 e. The number of hydrogen-bond acceptors (Lipinski definition) is 4. The van der Waals surface area contributed by atoms with Crippen molar-refractivity contribution >= 4 is 29.9 Å². The molecule has 7 nitrogen and oxygen atoms in total. The molecule has 0 bridgehead atoms. The van der Waals surface area contributed by atoms with E-state index in [-0.39, 0.29) is 24.0 Å². The number of likely N-dealkylation sites (tertiary alicyclic amines) is 1. The van der Waals surface area contributed by atoms with Crippen molar-refractivity contribution in [1.82, 2.24) is 24.8 Å². The van der Waals surface area contributed by atoms with E-state index in [9.17, 15) is 0 Å². The lowest BCUT2D eigenvalue weighted by Gasteiger charge is -2.21. The van der Waals surface area contributed by atoms with Crippen LogP contribution < -0.4 is 5.32 Å². The van der Waals surface area contributed by atoms with Gasteiger partial charge in [0.05, 0.1) is 13.2 Å². The first kappa shape index (κ1) is 21.6. The van der Waals surface area contributed by atoms with Crippen molar-refractivity contribution in [2.45, 2.75) is 26.8 Å². The monoisotopic (exact) mass is 484 g/mol. The van der Waals surface area contributed by atoms with Crippen LogP contribution in [0.5, 0.6) is 0 Å². The van der Waals surface area contributed by atoms with Crippen molar-refractivity contribution in [1.29, 1.82) is 0 Å². The smallest absolute Gasteiger partial charge is 0.194 e. The third-order valence-corrected chi connectivity index (χ3v) is 4.62. The summed E-state index contributed by atoms with van der Waals surface area (Å²) in [4.78, 5) is 15.9. The standard InChI is InChI=1S/C19H28N6O.HI/c1-4-20-19(24-9-7-17(13-24)14-26-3)23-12-16-5-6-18(22-11-16)25-10-8-21-15(25)2;/h5-6,8,10-11,17H,4,7,9,12-14H2,1-3H3,(H,20,23);1H. The molecule has 27 heavy (non-hydrogen) atoms. The van der Waals surface area contributed by atoms with Crippen LogP contribution in [0.4, 0.5) is 0 Å². The second-order valence-electron chi connectivity index (χ2n) is 6.60. The molecule has 1 N–H and O–H groups in total. The molecule has 0 aromatic carbocycles. The van der Waals surface area contributed by atoms with Crippen molar-refractivity contribution in [3.05, 3.63) is 42.1 Å². The highest BCUT2D eigenvalue weighted by Gasteiger charge is 2.24. The molecule has 0 spiro atoms. The Morgan fingerprint density at radius 1 is 1.37 bits per heavy atom. The van der Waals surface area contributed by atoms with E-state index in [1.165, 1.54) is 0 Å². The Bertz CT molecular complexity index is 730. The summed E-state index contributed by atoms with van der Waals surface area (Å²) < 4.78 is 7.26. The van der Waals surface area contributed by atoms with E-state index in [1.807, 2.05) is 30.0 Å². The fourth-order valence-corrected chi connectivity index (χ4v) is 3.26. The molecule has 0 radical (unpaired) electrons. The van der Waals surface area contributed by atoms with Gasteiger partial charge in [0, 0.05) is 51.3 Å². The average Bonchev–Trinajstić information content (AvgIpc) is 3.29. The highest BCUT2D eigenvalue weighted by molar-refractivity contribution is 14.0. The maximum atomic E-state index is 5.29. The second-order valence-corrected chi connectivity index (χ2v) is 6.60. The molecular formula is C19H29IN6O. The molecule has 1 aliphatic heterocycles. The maximum absolute atomic E-state index is 5.29. The highest BCUT2D eigenvalue weighted by Crippen LogP contribution is 2.17. The molecule has 1 unspecified atom stereocenters. The largest absolute Gasteiger partial charge is 0.384 e. The lowest BCUT2D eigenvalue weighted by Crippen LogP contribution is -2.40. The number of nitrogens with zero attached hydrogens (tertiary/aromatic N) is 5. The number of aryl methyl sites for hydroxylation is 1. The first-order valence-electron chi connectivity index (χ1n) is 9.18. The number of hydrogen-bond donors (Lipinski definition) is 1. The molecule has 148 valence electrons. The van der Waals surface area contributed by atoms with Crippen molar-refractivity contribution < 1.29 is 4.74 Å². The molecule has 0 aliphatic carbocycles. The minimum absolute atomic E-state index is 0. The molecule has 1 saturated heterocycles. The summed E-state index contributed by atoms with van der Waals surface area (Å²) in [5.41, 5.74) is 1.09. The number of ether oxygens (including phenoxy) is 1. The van der Waals surface area contributed by atoms with Gasteiger partial charge in [-0.2, -0.15) is 0 Å². The Morgan fingerprint density at radius 2 is 2.22 bits per heavy atom. The Hall–Kier alpha value is -1.68. The van der Waals surface area contributed by atoms with Crippen LogP contribution in [0, 0.1) is 12.8 Å². The van der Waals surface area contributed by atoms with Gasteiger partial charge in [0.1, 0.15) is 11.6 Å². The van der Waals surface area contributed by atoms with E-state index in [0.29, 0.717) is 12.5 Å². The summed E-state index contributed by atoms with van der Waals surface area (Å²) in [6.45, 7) is 8.38. The van der Waals surface area contributed by atoms with Crippen LogP contribution in [0.25, 0.3) is 5.82 Å². The number of guanidine groups is 1. The molecule has 0 saturated carbocycles. The zero-order chi connectivity index (χ0) is 18.4. The summed E-state index contributed by atoms with van der Waals surface area (Å²) in [6.07, 6.45) is 6.74. The first-order valence-corrected chi connectivity index (χ1v) is 9.18. The normalized spacial score (nSPS) is 17.1. The summed E-state index contributed by atoms with van der Waals surface area (Å²) >= 11 is 0. The van der Waals surface area contributed by atoms with E-state index in [2.05, 4.69) is 33.2 Å². The Labute approximate surface area is 178 Å². The minimum Gasteiger partial charge on any atom is -0.384 e. The molecule has 2 aromatic heterocycles. The number of pyridine rings is 1. The van der Waals surface area contributed by atoms with Crippen LogP contribution >= 0.6 is 24.0 Å². The number of halogens is 1. The zero-order valence-electron chi connectivity index (χ0n) is 16.3. The van der Waals surface area contributed by atoms with E-state index >= 15 is 0 Å². The van der Waals surface area contributed by atoms with Crippen LogP contribution in [-0.4, -0.2) is 58.7 Å². The molecule has 3 rings (SSSR count). The number of rotatable bonds is 6. The SMILES string of the molecule is CCNC(=NCc1ccc(-n2ccnc2C)nc1)N1CCC(COC)C1.I. The second kappa shape index (κ2) is 10.6. The van der Waals surface area contributed by atoms with Gasteiger partial charge in [-0.3, -0.25) is 4.57 Å². The molecule has 1 aliphatic rings. The van der Waals surface area contributed by atoms with Crippen LogP contribution in [0.15, 0.2) is 35.7 Å². The molecule has 3 heterocycles. The van der Waals surface area contributed by atoms with Crippen LogP contribution in [0.2, 0.25) is 0 Å². The summed E-state index contributed by atoms with van der Waals surface area (Å²) in [6, 6.07) is 4.09. The van der Waals surface area contributed by atoms with Crippen LogP contribution in [0.1, 0.15) is 24.7 Å². The van der Waals surface area contributed by atoms with Gasteiger partial charge < -0.3 is 15.0 Å². The van der Waals surface area contributed by atoms with Crippen molar-refractivity contribution in [3.63, 3.8) is 0 Å². The number of methoxy groups -OCH3 is 1. The van der Waals surface area contributed by atoms with Crippen LogP contribution in [0.3, 0.4) is 0 Å². The summed E-state index contributed by atoms with van der Waals surface area (Å²) in [5.74, 6) is 3.36. The fraction of sp³-hybridized carbons (Fsp3) is 0.526. The third kappa shape index (κ3) is 5.65. The van der Waals surface area contributed by atoms with Crippen molar-refractivity contribution in [2.24, 2.45) is 10.9 Å². The lowest BCUT2D eigenvalue weighted by atomic mass is 10.1. The van der Waals surface area contributed by atoms with Crippen molar-refractivity contribution in [2.75, 3.05) is 33.4 Å². The Morgan fingerprint density at radius 3 is 2.85 bits per heavy atom. The van der Waals surface area contributed by atoms with Gasteiger partial charge in [0.15, 0.2) is 5.96 Å². The van der Waals surface area contributed by atoms with Crippen molar-refractivity contribution in [3.8, 4) is 5.82 Å².